The number of aliphatic carboxylic acids is 1. The quantitative estimate of drug-likeness (QED) is 0.820. The normalized spacial score (nSPS) is 25.5. The molecule has 4 nitrogen and oxygen atoms in total. The number of nitrogens with zero attached hydrogens (tertiary/aromatic N) is 1. The molecule has 1 saturated heterocycles. The fraction of sp³-hybridized carbons (Fsp3) is 0.857. The van der Waals surface area contributed by atoms with Crippen LogP contribution in [0.2, 0.25) is 0 Å². The maximum Gasteiger partial charge on any atom is 0.308 e. The lowest BCUT2D eigenvalue weighted by molar-refractivity contribution is -0.143. The Hall–Kier alpha value is -1.06. The highest BCUT2D eigenvalue weighted by Gasteiger charge is 2.40. The molecule has 1 heterocycles. The van der Waals surface area contributed by atoms with E-state index in [1.807, 2.05) is 13.8 Å². The molecule has 1 fully saturated rings. The van der Waals surface area contributed by atoms with Gasteiger partial charge in [0.15, 0.2) is 0 Å². The molecule has 0 spiro atoms. The molecular formula is C14H25NO3. The molecule has 1 aliphatic heterocycles. The van der Waals surface area contributed by atoms with Crippen molar-refractivity contribution < 1.29 is 14.7 Å². The van der Waals surface area contributed by atoms with Gasteiger partial charge in [-0.05, 0) is 19.3 Å². The van der Waals surface area contributed by atoms with Crippen molar-refractivity contribution in [3.05, 3.63) is 0 Å². The predicted molar refractivity (Wildman–Crippen MR) is 70.2 cm³/mol. The summed E-state index contributed by atoms with van der Waals surface area (Å²) in [6, 6.07) is -0.174. The van der Waals surface area contributed by atoms with Gasteiger partial charge >= 0.3 is 5.97 Å². The summed E-state index contributed by atoms with van der Waals surface area (Å²) in [6.07, 6.45) is 2.57. The maximum absolute atomic E-state index is 12.4. The lowest BCUT2D eigenvalue weighted by Gasteiger charge is -2.29. The Morgan fingerprint density at radius 2 is 1.89 bits per heavy atom. The summed E-state index contributed by atoms with van der Waals surface area (Å²) in [5, 5.41) is 9.09. The van der Waals surface area contributed by atoms with E-state index in [0.29, 0.717) is 18.9 Å². The van der Waals surface area contributed by atoms with E-state index in [4.69, 9.17) is 5.11 Å². The van der Waals surface area contributed by atoms with Crippen molar-refractivity contribution in [1.29, 1.82) is 0 Å². The summed E-state index contributed by atoms with van der Waals surface area (Å²) in [6.45, 7) is 8.61. The minimum absolute atomic E-state index is 0.00463. The Morgan fingerprint density at radius 1 is 1.33 bits per heavy atom. The van der Waals surface area contributed by atoms with Crippen molar-refractivity contribution in [3.8, 4) is 0 Å². The lowest BCUT2D eigenvalue weighted by atomic mass is 9.88. The third-order valence-corrected chi connectivity index (χ3v) is 4.50. The van der Waals surface area contributed by atoms with Crippen LogP contribution in [0.3, 0.4) is 0 Å². The standard InChI is InChI=1S/C14H25NO3/c1-5-11(6-2)9(3)13(16)15-8-7-12(10(15)4)14(17)18/h9-12H,5-8H2,1-4H3,(H,17,18). The van der Waals surface area contributed by atoms with E-state index in [1.165, 1.54) is 0 Å². The monoisotopic (exact) mass is 255 g/mol. The van der Waals surface area contributed by atoms with Gasteiger partial charge in [0.1, 0.15) is 0 Å². The van der Waals surface area contributed by atoms with Crippen LogP contribution < -0.4 is 0 Å². The van der Waals surface area contributed by atoms with E-state index in [-0.39, 0.29) is 17.9 Å². The van der Waals surface area contributed by atoms with Crippen LogP contribution in [0.15, 0.2) is 0 Å². The van der Waals surface area contributed by atoms with Crippen molar-refractivity contribution in [3.63, 3.8) is 0 Å². The van der Waals surface area contributed by atoms with Crippen LogP contribution in [-0.2, 0) is 9.59 Å². The number of likely N-dealkylation sites (tertiary alicyclic amines) is 1. The number of carboxylic acids is 1. The third-order valence-electron chi connectivity index (χ3n) is 4.50. The van der Waals surface area contributed by atoms with E-state index in [2.05, 4.69) is 13.8 Å². The third kappa shape index (κ3) is 2.85. The lowest BCUT2D eigenvalue weighted by Crippen LogP contribution is -2.42. The maximum atomic E-state index is 12.4. The zero-order valence-electron chi connectivity index (χ0n) is 11.8. The van der Waals surface area contributed by atoms with E-state index < -0.39 is 11.9 Å². The first-order valence-corrected chi connectivity index (χ1v) is 6.97. The summed E-state index contributed by atoms with van der Waals surface area (Å²) < 4.78 is 0. The van der Waals surface area contributed by atoms with E-state index in [0.717, 1.165) is 12.8 Å². The molecule has 3 atom stereocenters. The van der Waals surface area contributed by atoms with Gasteiger partial charge in [-0.15, -0.1) is 0 Å². The van der Waals surface area contributed by atoms with E-state index >= 15 is 0 Å². The summed E-state index contributed by atoms with van der Waals surface area (Å²) >= 11 is 0. The van der Waals surface area contributed by atoms with Gasteiger partial charge in [-0.2, -0.15) is 0 Å². The van der Waals surface area contributed by atoms with E-state index in [1.54, 1.807) is 4.90 Å². The fourth-order valence-electron chi connectivity index (χ4n) is 3.04. The summed E-state index contributed by atoms with van der Waals surface area (Å²) in [7, 11) is 0. The Morgan fingerprint density at radius 3 is 2.28 bits per heavy atom. The number of rotatable bonds is 5. The molecule has 0 aliphatic carbocycles. The van der Waals surface area contributed by atoms with Crippen LogP contribution in [0.1, 0.15) is 47.0 Å². The first-order chi connectivity index (χ1) is 8.43. The van der Waals surface area contributed by atoms with Crippen molar-refractivity contribution in [2.24, 2.45) is 17.8 Å². The van der Waals surface area contributed by atoms with Gasteiger partial charge in [-0.25, -0.2) is 0 Å². The second-order valence-corrected chi connectivity index (χ2v) is 5.37. The molecule has 18 heavy (non-hydrogen) atoms. The van der Waals surface area contributed by atoms with Crippen molar-refractivity contribution in [1.82, 2.24) is 4.90 Å². The number of carboxylic acid groups (broad SMARTS) is 1. The smallest absolute Gasteiger partial charge is 0.308 e. The summed E-state index contributed by atoms with van der Waals surface area (Å²) in [5.41, 5.74) is 0. The molecule has 0 aromatic carbocycles. The van der Waals surface area contributed by atoms with Gasteiger partial charge in [0.2, 0.25) is 5.91 Å². The molecule has 0 saturated carbocycles. The minimum Gasteiger partial charge on any atom is -0.481 e. The van der Waals surface area contributed by atoms with Gasteiger partial charge in [0.25, 0.3) is 0 Å². The van der Waals surface area contributed by atoms with Crippen LogP contribution in [-0.4, -0.2) is 34.5 Å². The van der Waals surface area contributed by atoms with Gasteiger partial charge in [0, 0.05) is 18.5 Å². The molecule has 1 rings (SSSR count). The highest BCUT2D eigenvalue weighted by atomic mass is 16.4. The van der Waals surface area contributed by atoms with Crippen LogP contribution in [0.4, 0.5) is 0 Å². The van der Waals surface area contributed by atoms with Crippen LogP contribution in [0.25, 0.3) is 0 Å². The highest BCUT2D eigenvalue weighted by molar-refractivity contribution is 5.81. The molecule has 0 radical (unpaired) electrons. The Balaban J connectivity index is 2.71. The van der Waals surface area contributed by atoms with Crippen LogP contribution in [0, 0.1) is 17.8 Å². The fourth-order valence-corrected chi connectivity index (χ4v) is 3.04. The SMILES string of the molecule is CCC(CC)C(C)C(=O)N1CCC(C(=O)O)C1C. The molecule has 1 N–H and O–H groups in total. The number of hydrogen-bond donors (Lipinski definition) is 1. The minimum atomic E-state index is -0.784. The predicted octanol–water partition coefficient (Wildman–Crippen LogP) is 2.38. The largest absolute Gasteiger partial charge is 0.481 e. The first kappa shape index (κ1) is 15.0. The number of hydrogen-bond acceptors (Lipinski definition) is 2. The molecule has 0 aromatic heterocycles. The molecule has 104 valence electrons. The van der Waals surface area contributed by atoms with E-state index in [9.17, 15) is 9.59 Å². The summed E-state index contributed by atoms with van der Waals surface area (Å²) in [4.78, 5) is 25.2. The number of carbonyl (C=O) groups excluding carboxylic acids is 1. The van der Waals surface area contributed by atoms with Gasteiger partial charge in [-0.3, -0.25) is 9.59 Å². The Labute approximate surface area is 109 Å². The topological polar surface area (TPSA) is 57.6 Å². The van der Waals surface area contributed by atoms with Crippen LogP contribution in [0.5, 0.6) is 0 Å². The van der Waals surface area contributed by atoms with Crippen molar-refractivity contribution in [2.45, 2.75) is 53.0 Å². The molecular weight excluding hydrogens is 230 g/mol. The van der Waals surface area contributed by atoms with Crippen molar-refractivity contribution in [2.75, 3.05) is 6.54 Å². The second kappa shape index (κ2) is 6.21. The molecule has 0 bridgehead atoms. The van der Waals surface area contributed by atoms with Gasteiger partial charge in [0.05, 0.1) is 5.92 Å². The average molecular weight is 255 g/mol. The Bertz CT molecular complexity index is 312. The highest BCUT2D eigenvalue weighted by Crippen LogP contribution is 2.29. The van der Waals surface area contributed by atoms with Gasteiger partial charge < -0.3 is 10.0 Å². The molecule has 3 unspecified atom stereocenters. The average Bonchev–Trinajstić information content (AvgIpc) is 2.71. The zero-order valence-corrected chi connectivity index (χ0v) is 11.8. The molecule has 1 aliphatic rings. The molecule has 0 aromatic rings. The van der Waals surface area contributed by atoms with Crippen LogP contribution >= 0.6 is 0 Å². The second-order valence-electron chi connectivity index (χ2n) is 5.37. The first-order valence-electron chi connectivity index (χ1n) is 6.97. The Kier molecular flexibility index (Phi) is 5.17. The van der Waals surface area contributed by atoms with Gasteiger partial charge in [-0.1, -0.05) is 33.6 Å². The van der Waals surface area contributed by atoms with Crippen molar-refractivity contribution >= 4 is 11.9 Å². The summed E-state index contributed by atoms with van der Waals surface area (Å²) in [5.74, 6) is -0.667. The number of carbonyl (C=O) groups is 2. The zero-order chi connectivity index (χ0) is 13.9. The molecule has 4 heteroatoms. The number of amides is 1. The molecule has 1 amide bonds.